The van der Waals surface area contributed by atoms with Crippen molar-refractivity contribution in [1.82, 2.24) is 4.90 Å². The minimum absolute atomic E-state index is 0.148. The number of carbonyl (C=O) groups is 2. The molecule has 1 saturated heterocycles. The molecule has 0 aromatic heterocycles. The number of imide groups is 1. The summed E-state index contributed by atoms with van der Waals surface area (Å²) in [6.45, 7) is 6.19. The third-order valence-electron chi connectivity index (χ3n) is 5.80. The van der Waals surface area contributed by atoms with Gasteiger partial charge in [0.15, 0.2) is 11.5 Å². The van der Waals surface area contributed by atoms with Crippen molar-refractivity contribution in [2.75, 3.05) is 6.61 Å². The second kappa shape index (κ2) is 12.6. The summed E-state index contributed by atoms with van der Waals surface area (Å²) in [6.07, 6.45) is 3.84. The van der Waals surface area contributed by atoms with Crippen molar-refractivity contribution in [3.63, 3.8) is 0 Å². The molecule has 0 atom stereocenters. The third kappa shape index (κ3) is 6.68. The first-order valence-electron chi connectivity index (χ1n) is 12.1. The highest BCUT2D eigenvalue weighted by Gasteiger charge is 2.36. The van der Waals surface area contributed by atoms with E-state index in [1.165, 1.54) is 18.2 Å². The molecule has 8 nitrogen and oxygen atoms in total. The fourth-order valence-electron chi connectivity index (χ4n) is 4.02. The van der Waals surface area contributed by atoms with Crippen LogP contribution in [-0.4, -0.2) is 27.6 Å². The second-order valence-corrected chi connectivity index (χ2v) is 9.93. The van der Waals surface area contributed by atoms with E-state index in [4.69, 9.17) is 21.1 Å². The summed E-state index contributed by atoms with van der Waals surface area (Å²) in [6, 6.07) is 17.0. The zero-order valence-corrected chi connectivity index (χ0v) is 22.7. The smallest absolute Gasteiger partial charge is 0.293 e. The number of nitrogens with zero attached hydrogens (tertiary/aromatic N) is 2. The number of amides is 2. The minimum Gasteiger partial charge on any atom is -0.490 e. The van der Waals surface area contributed by atoms with Crippen LogP contribution in [0.1, 0.15) is 29.2 Å². The van der Waals surface area contributed by atoms with E-state index in [0.29, 0.717) is 41.7 Å². The molecule has 0 saturated carbocycles. The lowest BCUT2D eigenvalue weighted by Gasteiger charge is -2.17. The molecule has 2 amide bonds. The number of ether oxygens (including phenoxy) is 2. The third-order valence-corrected chi connectivity index (χ3v) is 6.96. The number of hydrogen-bond acceptors (Lipinski definition) is 7. The van der Waals surface area contributed by atoms with Gasteiger partial charge in [0.1, 0.15) is 6.61 Å². The molecule has 0 unspecified atom stereocenters. The van der Waals surface area contributed by atoms with Crippen molar-refractivity contribution < 1.29 is 24.0 Å². The maximum absolute atomic E-state index is 13.1. The van der Waals surface area contributed by atoms with E-state index in [-0.39, 0.29) is 22.7 Å². The summed E-state index contributed by atoms with van der Waals surface area (Å²) >= 11 is 6.77. The maximum Gasteiger partial charge on any atom is 0.293 e. The van der Waals surface area contributed by atoms with E-state index < -0.39 is 16.1 Å². The Kier molecular flexibility index (Phi) is 9.06. The number of nitro benzene ring substituents is 1. The van der Waals surface area contributed by atoms with Gasteiger partial charge in [0.25, 0.3) is 16.8 Å². The zero-order valence-electron chi connectivity index (χ0n) is 21.1. The highest BCUT2D eigenvalue weighted by Crippen LogP contribution is 2.38. The molecule has 3 aromatic carbocycles. The summed E-state index contributed by atoms with van der Waals surface area (Å²) in [5.74, 6) is 0.541. The number of benzene rings is 3. The lowest BCUT2D eigenvalue weighted by atomic mass is 10.0. The van der Waals surface area contributed by atoms with Gasteiger partial charge in [0.05, 0.1) is 23.0 Å². The van der Waals surface area contributed by atoms with Crippen molar-refractivity contribution in [1.29, 1.82) is 0 Å². The van der Waals surface area contributed by atoms with Crippen molar-refractivity contribution in [2.24, 2.45) is 0 Å². The summed E-state index contributed by atoms with van der Waals surface area (Å²) in [7, 11) is 0. The summed E-state index contributed by atoms with van der Waals surface area (Å²) in [5, 5.41) is 11.5. The van der Waals surface area contributed by atoms with E-state index in [1.54, 1.807) is 36.4 Å². The van der Waals surface area contributed by atoms with E-state index in [9.17, 15) is 19.7 Å². The number of allylic oxidation sites excluding steroid dienone is 1. The van der Waals surface area contributed by atoms with Crippen LogP contribution in [0.2, 0.25) is 5.02 Å². The van der Waals surface area contributed by atoms with Gasteiger partial charge in [-0.3, -0.25) is 24.6 Å². The number of nitro groups is 1. The molecule has 4 rings (SSSR count). The molecule has 0 radical (unpaired) electrons. The molecular formula is C29H25ClN2O6S. The van der Waals surface area contributed by atoms with Crippen LogP contribution in [0.3, 0.4) is 0 Å². The van der Waals surface area contributed by atoms with Gasteiger partial charge in [-0.2, -0.15) is 0 Å². The van der Waals surface area contributed by atoms with Crippen LogP contribution >= 0.6 is 23.4 Å². The van der Waals surface area contributed by atoms with Gasteiger partial charge in [0, 0.05) is 22.2 Å². The highest BCUT2D eigenvalue weighted by atomic mass is 35.5. The van der Waals surface area contributed by atoms with Crippen LogP contribution in [0.25, 0.3) is 6.08 Å². The van der Waals surface area contributed by atoms with Gasteiger partial charge < -0.3 is 9.47 Å². The van der Waals surface area contributed by atoms with Crippen LogP contribution in [0, 0.1) is 10.1 Å². The van der Waals surface area contributed by atoms with Crippen LogP contribution in [-0.2, 0) is 24.4 Å². The van der Waals surface area contributed by atoms with Crippen molar-refractivity contribution in [2.45, 2.75) is 26.5 Å². The van der Waals surface area contributed by atoms with Crippen molar-refractivity contribution >= 4 is 46.3 Å². The number of hydrogen-bond donors (Lipinski definition) is 0. The Morgan fingerprint density at radius 2 is 1.82 bits per heavy atom. The molecule has 1 aliphatic rings. The SMILES string of the molecule is C=CCc1cc(/C=C2\SC(=O)N(Cc3ccccc3[N+](=O)[O-])C2=O)cc(OCC)c1OCc1ccc(Cl)cc1. The predicted octanol–water partition coefficient (Wildman–Crippen LogP) is 7.19. The fraction of sp³-hybridized carbons (Fsp3) is 0.172. The molecule has 1 fully saturated rings. The lowest BCUT2D eigenvalue weighted by molar-refractivity contribution is -0.385. The Labute approximate surface area is 235 Å². The predicted molar refractivity (Wildman–Crippen MR) is 152 cm³/mol. The van der Waals surface area contributed by atoms with Gasteiger partial charge in [-0.05, 0) is 66.6 Å². The number of rotatable bonds is 11. The van der Waals surface area contributed by atoms with Gasteiger partial charge in [-0.25, -0.2) is 0 Å². The van der Waals surface area contributed by atoms with Gasteiger partial charge >= 0.3 is 0 Å². The standard InChI is InChI=1S/C29H25ClN2O6S/c1-3-7-21-14-20(15-25(37-4-2)27(21)38-18-19-10-12-23(30)13-11-19)16-26-28(33)31(29(34)39-26)17-22-8-5-6-9-24(22)32(35)36/h3,5-6,8-16H,1,4,7,17-18H2,2H3/b26-16-. The normalized spacial score (nSPS) is 14.1. The van der Waals surface area contributed by atoms with Gasteiger partial charge in [0.2, 0.25) is 0 Å². The Morgan fingerprint density at radius 1 is 1.08 bits per heavy atom. The van der Waals surface area contributed by atoms with Crippen LogP contribution in [0.4, 0.5) is 10.5 Å². The van der Waals surface area contributed by atoms with E-state index in [0.717, 1.165) is 27.8 Å². The van der Waals surface area contributed by atoms with E-state index >= 15 is 0 Å². The molecule has 3 aromatic rings. The molecule has 1 heterocycles. The average molecular weight is 565 g/mol. The Balaban J connectivity index is 1.62. The van der Waals surface area contributed by atoms with E-state index in [2.05, 4.69) is 6.58 Å². The number of para-hydroxylation sites is 1. The molecule has 200 valence electrons. The van der Waals surface area contributed by atoms with Crippen molar-refractivity contribution in [3.05, 3.63) is 116 Å². The monoisotopic (exact) mass is 564 g/mol. The molecule has 0 aliphatic carbocycles. The fourth-order valence-corrected chi connectivity index (χ4v) is 4.98. The molecule has 39 heavy (non-hydrogen) atoms. The van der Waals surface area contributed by atoms with Gasteiger partial charge in [-0.15, -0.1) is 6.58 Å². The van der Waals surface area contributed by atoms with Crippen molar-refractivity contribution in [3.8, 4) is 11.5 Å². The molecule has 0 N–H and O–H groups in total. The van der Waals surface area contributed by atoms with Crippen LogP contribution in [0.5, 0.6) is 11.5 Å². The molecule has 1 aliphatic heterocycles. The van der Waals surface area contributed by atoms with Crippen LogP contribution in [0.15, 0.2) is 78.2 Å². The first-order chi connectivity index (χ1) is 18.8. The molecule has 0 bridgehead atoms. The topological polar surface area (TPSA) is 99.0 Å². The Morgan fingerprint density at radius 3 is 2.51 bits per heavy atom. The molecule has 0 spiro atoms. The van der Waals surface area contributed by atoms with Crippen LogP contribution < -0.4 is 9.47 Å². The lowest BCUT2D eigenvalue weighted by Crippen LogP contribution is -2.27. The maximum atomic E-state index is 13.1. The average Bonchev–Trinajstić information content (AvgIpc) is 3.17. The zero-order chi connectivity index (χ0) is 27.9. The number of halogens is 1. The number of thioether (sulfide) groups is 1. The Bertz CT molecular complexity index is 1450. The molecule has 10 heteroatoms. The summed E-state index contributed by atoms with van der Waals surface area (Å²) in [5.41, 5.74) is 2.51. The van der Waals surface area contributed by atoms with Gasteiger partial charge in [-0.1, -0.05) is 48.0 Å². The van der Waals surface area contributed by atoms with E-state index in [1.807, 2.05) is 25.1 Å². The summed E-state index contributed by atoms with van der Waals surface area (Å²) < 4.78 is 12.0. The Hall–Kier alpha value is -4.08. The quantitative estimate of drug-likeness (QED) is 0.105. The minimum atomic E-state index is -0.531. The second-order valence-electron chi connectivity index (χ2n) is 8.50. The first kappa shape index (κ1) is 27.9. The first-order valence-corrected chi connectivity index (χ1v) is 13.3. The largest absolute Gasteiger partial charge is 0.490 e. The molecular weight excluding hydrogens is 540 g/mol. The summed E-state index contributed by atoms with van der Waals surface area (Å²) in [4.78, 5) is 37.9. The highest BCUT2D eigenvalue weighted by molar-refractivity contribution is 8.18. The number of carbonyl (C=O) groups excluding carboxylic acids is 2.